The lowest BCUT2D eigenvalue weighted by molar-refractivity contribution is 0.00940. The van der Waals surface area contributed by atoms with Crippen molar-refractivity contribution in [3.8, 4) is 0 Å². The van der Waals surface area contributed by atoms with E-state index in [0.29, 0.717) is 19.4 Å². The fourth-order valence-electron chi connectivity index (χ4n) is 2.14. The van der Waals surface area contributed by atoms with Crippen molar-refractivity contribution in [2.24, 2.45) is 0 Å². The molecule has 0 spiro atoms. The summed E-state index contributed by atoms with van der Waals surface area (Å²) in [5.74, 6) is -0.473. The molecule has 1 fully saturated rings. The number of β-amino-alcohol motifs (C(OH)–C–C–N with tert-alkyl or cyclic N) is 1. The molecule has 100 valence electrons. The van der Waals surface area contributed by atoms with Crippen LogP contribution in [0, 0.1) is 5.82 Å². The molecule has 1 heterocycles. The molecule has 1 saturated heterocycles. The summed E-state index contributed by atoms with van der Waals surface area (Å²) < 4.78 is 38.6. The maximum absolute atomic E-state index is 12.8. The molecule has 1 atom stereocenters. The van der Waals surface area contributed by atoms with Gasteiger partial charge >= 0.3 is 0 Å². The highest BCUT2D eigenvalue weighted by atomic mass is 32.2. The number of hydrogen-bond acceptors (Lipinski definition) is 3. The molecule has 1 aromatic carbocycles. The molecule has 1 N–H and O–H groups in total. The summed E-state index contributed by atoms with van der Waals surface area (Å²) in [6.45, 7) is 2.09. The SMILES string of the molecule is CC1(O)CCCN(S(=O)(=O)c2ccc(F)cc2)C1. The van der Waals surface area contributed by atoms with Crippen molar-refractivity contribution in [2.75, 3.05) is 13.1 Å². The normalized spacial score (nSPS) is 26.2. The Bertz CT molecular complexity index is 525. The predicted molar refractivity (Wildman–Crippen MR) is 65.0 cm³/mol. The molecule has 0 bridgehead atoms. The first kappa shape index (κ1) is 13.5. The third kappa shape index (κ3) is 2.71. The number of nitrogens with zero attached hydrogens (tertiary/aromatic N) is 1. The maximum Gasteiger partial charge on any atom is 0.243 e. The average molecular weight is 273 g/mol. The van der Waals surface area contributed by atoms with Crippen LogP contribution in [0.15, 0.2) is 29.2 Å². The molecule has 1 aromatic rings. The molecule has 2 rings (SSSR count). The Morgan fingerprint density at radius 3 is 2.50 bits per heavy atom. The lowest BCUT2D eigenvalue weighted by Crippen LogP contribution is -2.48. The molecule has 0 radical (unpaired) electrons. The van der Waals surface area contributed by atoms with E-state index in [0.717, 1.165) is 12.1 Å². The molecule has 0 amide bonds. The van der Waals surface area contributed by atoms with Gasteiger partial charge in [0.25, 0.3) is 0 Å². The van der Waals surface area contributed by atoms with E-state index in [9.17, 15) is 17.9 Å². The summed E-state index contributed by atoms with van der Waals surface area (Å²) in [5.41, 5.74) is -0.995. The standard InChI is InChI=1S/C12H16FNO3S/c1-12(15)7-2-8-14(9-12)18(16,17)11-5-3-10(13)4-6-11/h3-6,15H,2,7-9H2,1H3. The molecule has 1 aliphatic rings. The third-order valence-corrected chi connectivity index (χ3v) is 4.95. The minimum absolute atomic E-state index is 0.0570. The molecule has 0 saturated carbocycles. The van der Waals surface area contributed by atoms with Crippen LogP contribution >= 0.6 is 0 Å². The average Bonchev–Trinajstić information content (AvgIpc) is 2.28. The smallest absolute Gasteiger partial charge is 0.243 e. The van der Waals surface area contributed by atoms with Gasteiger partial charge in [0.2, 0.25) is 10.0 Å². The summed E-state index contributed by atoms with van der Waals surface area (Å²) in [4.78, 5) is 0.0570. The number of aliphatic hydroxyl groups is 1. The Morgan fingerprint density at radius 2 is 1.94 bits per heavy atom. The molecular weight excluding hydrogens is 257 g/mol. The van der Waals surface area contributed by atoms with Crippen LogP contribution in [-0.2, 0) is 10.0 Å². The van der Waals surface area contributed by atoms with Crippen LogP contribution in [0.25, 0.3) is 0 Å². The van der Waals surface area contributed by atoms with E-state index < -0.39 is 21.4 Å². The molecule has 18 heavy (non-hydrogen) atoms. The van der Waals surface area contributed by atoms with Gasteiger partial charge in [-0.2, -0.15) is 4.31 Å². The number of piperidine rings is 1. The summed E-state index contributed by atoms with van der Waals surface area (Å²) in [7, 11) is -3.64. The Balaban J connectivity index is 2.28. The lowest BCUT2D eigenvalue weighted by Gasteiger charge is -2.35. The molecular formula is C12H16FNO3S. The second-order valence-corrected chi connectivity index (χ2v) is 6.83. The Hall–Kier alpha value is -0.980. The minimum Gasteiger partial charge on any atom is -0.389 e. The Kier molecular flexibility index (Phi) is 3.44. The summed E-state index contributed by atoms with van der Waals surface area (Å²) in [6.07, 6.45) is 1.20. The van der Waals surface area contributed by atoms with Gasteiger partial charge in [-0.05, 0) is 44.0 Å². The van der Waals surface area contributed by atoms with Crippen molar-refractivity contribution in [1.29, 1.82) is 0 Å². The first-order valence-electron chi connectivity index (χ1n) is 5.79. The van der Waals surface area contributed by atoms with Gasteiger partial charge < -0.3 is 5.11 Å². The van der Waals surface area contributed by atoms with Crippen molar-refractivity contribution < 1.29 is 17.9 Å². The van der Waals surface area contributed by atoms with Crippen LogP contribution in [0.4, 0.5) is 4.39 Å². The first-order chi connectivity index (χ1) is 8.31. The number of hydrogen-bond donors (Lipinski definition) is 1. The van der Waals surface area contributed by atoms with Crippen LogP contribution in [-0.4, -0.2) is 36.5 Å². The van der Waals surface area contributed by atoms with E-state index in [4.69, 9.17) is 0 Å². The van der Waals surface area contributed by atoms with Crippen LogP contribution < -0.4 is 0 Å². The van der Waals surface area contributed by atoms with E-state index in [1.807, 2.05) is 0 Å². The number of sulfonamides is 1. The maximum atomic E-state index is 12.8. The van der Waals surface area contributed by atoms with Gasteiger partial charge in [0.1, 0.15) is 5.82 Å². The third-order valence-electron chi connectivity index (χ3n) is 3.09. The molecule has 1 aliphatic heterocycles. The summed E-state index contributed by atoms with van der Waals surface area (Å²) in [5, 5.41) is 9.93. The van der Waals surface area contributed by atoms with Crippen LogP contribution in [0.5, 0.6) is 0 Å². The van der Waals surface area contributed by atoms with Gasteiger partial charge in [0, 0.05) is 13.1 Å². The topological polar surface area (TPSA) is 57.6 Å². The molecule has 1 unspecified atom stereocenters. The predicted octanol–water partition coefficient (Wildman–Crippen LogP) is 1.36. The largest absolute Gasteiger partial charge is 0.389 e. The van der Waals surface area contributed by atoms with Gasteiger partial charge in [0.15, 0.2) is 0 Å². The quantitative estimate of drug-likeness (QED) is 0.885. The Morgan fingerprint density at radius 1 is 1.33 bits per heavy atom. The first-order valence-corrected chi connectivity index (χ1v) is 7.23. The summed E-state index contributed by atoms with van der Waals surface area (Å²) in [6, 6.07) is 4.73. The fraction of sp³-hybridized carbons (Fsp3) is 0.500. The zero-order valence-corrected chi connectivity index (χ0v) is 11.0. The van der Waals surface area contributed by atoms with E-state index >= 15 is 0 Å². The number of rotatable bonds is 2. The monoisotopic (exact) mass is 273 g/mol. The zero-order valence-electron chi connectivity index (χ0n) is 10.1. The highest BCUT2D eigenvalue weighted by molar-refractivity contribution is 7.89. The number of benzene rings is 1. The zero-order chi connectivity index (χ0) is 13.4. The van der Waals surface area contributed by atoms with Crippen molar-refractivity contribution in [3.63, 3.8) is 0 Å². The molecule has 6 heteroatoms. The highest BCUT2D eigenvalue weighted by Crippen LogP contribution is 2.25. The van der Waals surface area contributed by atoms with E-state index in [-0.39, 0.29) is 11.4 Å². The highest BCUT2D eigenvalue weighted by Gasteiger charge is 2.35. The van der Waals surface area contributed by atoms with Crippen molar-refractivity contribution >= 4 is 10.0 Å². The van der Waals surface area contributed by atoms with E-state index in [2.05, 4.69) is 0 Å². The summed E-state index contributed by atoms with van der Waals surface area (Å²) >= 11 is 0. The Labute approximate surface area is 106 Å². The van der Waals surface area contributed by atoms with E-state index in [1.54, 1.807) is 6.92 Å². The van der Waals surface area contributed by atoms with Gasteiger partial charge in [0.05, 0.1) is 10.5 Å². The molecule has 0 aromatic heterocycles. The van der Waals surface area contributed by atoms with Gasteiger partial charge in [-0.3, -0.25) is 0 Å². The second-order valence-electron chi connectivity index (χ2n) is 4.89. The van der Waals surface area contributed by atoms with Crippen molar-refractivity contribution in [2.45, 2.75) is 30.3 Å². The molecule has 4 nitrogen and oxygen atoms in total. The second kappa shape index (κ2) is 4.60. The van der Waals surface area contributed by atoms with Gasteiger partial charge in [-0.25, -0.2) is 12.8 Å². The van der Waals surface area contributed by atoms with Crippen molar-refractivity contribution in [3.05, 3.63) is 30.1 Å². The van der Waals surface area contributed by atoms with Crippen LogP contribution in [0.3, 0.4) is 0 Å². The fourth-order valence-corrected chi connectivity index (χ4v) is 3.73. The van der Waals surface area contributed by atoms with Crippen LogP contribution in [0.2, 0.25) is 0 Å². The van der Waals surface area contributed by atoms with E-state index in [1.165, 1.54) is 16.4 Å². The van der Waals surface area contributed by atoms with Gasteiger partial charge in [-0.15, -0.1) is 0 Å². The molecule has 0 aliphatic carbocycles. The number of halogens is 1. The van der Waals surface area contributed by atoms with Crippen molar-refractivity contribution in [1.82, 2.24) is 4.31 Å². The lowest BCUT2D eigenvalue weighted by atomic mass is 9.97. The minimum atomic E-state index is -3.64. The van der Waals surface area contributed by atoms with Crippen LogP contribution in [0.1, 0.15) is 19.8 Å². The van der Waals surface area contributed by atoms with Gasteiger partial charge in [-0.1, -0.05) is 0 Å².